The van der Waals surface area contributed by atoms with Crippen LogP contribution in [0.3, 0.4) is 0 Å². The minimum absolute atomic E-state index is 0.706. The first-order valence-corrected chi connectivity index (χ1v) is 8.98. The molecule has 3 nitrogen and oxygen atoms in total. The minimum Gasteiger partial charge on any atom is -0.383 e. The van der Waals surface area contributed by atoms with Gasteiger partial charge in [-0.05, 0) is 30.5 Å². The molecule has 3 aromatic rings. The fraction of sp³-hybridized carbons (Fsp3) is 0.316. The Labute approximate surface area is 141 Å². The van der Waals surface area contributed by atoms with Crippen molar-refractivity contribution in [2.45, 2.75) is 24.5 Å². The molecule has 3 rings (SSSR count). The standard InChI is InChI=1S/C19H22N2OS/c1-22-14-13-21-18-12-6-5-11-17(18)20-19(21)23-15-7-10-16-8-3-2-4-9-16/h2-6,8-9,11-12H,7,10,13-15H2,1H3. The van der Waals surface area contributed by atoms with E-state index in [2.05, 4.69) is 53.1 Å². The van der Waals surface area contributed by atoms with Gasteiger partial charge in [0.1, 0.15) is 0 Å². The highest BCUT2D eigenvalue weighted by molar-refractivity contribution is 7.99. The van der Waals surface area contributed by atoms with E-state index in [1.165, 1.54) is 11.1 Å². The summed E-state index contributed by atoms with van der Waals surface area (Å²) < 4.78 is 7.51. The summed E-state index contributed by atoms with van der Waals surface area (Å²) in [5, 5.41) is 1.09. The number of aromatic nitrogens is 2. The fourth-order valence-electron chi connectivity index (χ4n) is 2.65. The molecule has 1 heterocycles. The Kier molecular flexibility index (Phi) is 5.72. The lowest BCUT2D eigenvalue weighted by molar-refractivity contribution is 0.186. The third-order valence-corrected chi connectivity index (χ3v) is 4.88. The van der Waals surface area contributed by atoms with Crippen LogP contribution in [0.1, 0.15) is 12.0 Å². The predicted octanol–water partition coefficient (Wildman–Crippen LogP) is 4.41. The number of para-hydroxylation sites is 2. The predicted molar refractivity (Wildman–Crippen MR) is 97.1 cm³/mol. The third kappa shape index (κ3) is 4.15. The van der Waals surface area contributed by atoms with E-state index in [9.17, 15) is 0 Å². The minimum atomic E-state index is 0.706. The fourth-order valence-corrected chi connectivity index (χ4v) is 3.63. The summed E-state index contributed by atoms with van der Waals surface area (Å²) in [6.45, 7) is 1.55. The van der Waals surface area contributed by atoms with Crippen molar-refractivity contribution in [2.24, 2.45) is 0 Å². The smallest absolute Gasteiger partial charge is 0.169 e. The van der Waals surface area contributed by atoms with Gasteiger partial charge in [-0.25, -0.2) is 4.98 Å². The van der Waals surface area contributed by atoms with Crippen LogP contribution in [0.25, 0.3) is 11.0 Å². The summed E-state index contributed by atoms with van der Waals surface area (Å²) in [4.78, 5) is 4.78. The van der Waals surface area contributed by atoms with Gasteiger partial charge in [-0.1, -0.05) is 54.2 Å². The zero-order valence-corrected chi connectivity index (χ0v) is 14.3. The van der Waals surface area contributed by atoms with Crippen molar-refractivity contribution in [2.75, 3.05) is 19.5 Å². The number of fused-ring (bicyclic) bond motifs is 1. The maximum atomic E-state index is 5.24. The van der Waals surface area contributed by atoms with Crippen molar-refractivity contribution < 1.29 is 4.74 Å². The molecule has 0 aliphatic rings. The Morgan fingerprint density at radius 1 is 1.04 bits per heavy atom. The first-order valence-electron chi connectivity index (χ1n) is 7.99. The topological polar surface area (TPSA) is 27.1 Å². The molecule has 4 heteroatoms. The van der Waals surface area contributed by atoms with Crippen molar-refractivity contribution in [3.8, 4) is 0 Å². The van der Waals surface area contributed by atoms with Gasteiger partial charge in [-0.2, -0.15) is 0 Å². The average Bonchev–Trinajstić information content (AvgIpc) is 2.95. The van der Waals surface area contributed by atoms with Crippen LogP contribution >= 0.6 is 11.8 Å². The first kappa shape index (κ1) is 16.1. The molecule has 0 saturated carbocycles. The number of thioether (sulfide) groups is 1. The molecular weight excluding hydrogens is 304 g/mol. The average molecular weight is 326 g/mol. The van der Waals surface area contributed by atoms with Gasteiger partial charge >= 0.3 is 0 Å². The van der Waals surface area contributed by atoms with E-state index in [0.29, 0.717) is 6.61 Å². The molecular formula is C19H22N2OS. The number of aryl methyl sites for hydroxylation is 1. The van der Waals surface area contributed by atoms with E-state index in [1.54, 1.807) is 7.11 Å². The number of rotatable bonds is 8. The maximum absolute atomic E-state index is 5.24. The van der Waals surface area contributed by atoms with Gasteiger partial charge in [0.05, 0.1) is 17.6 Å². The van der Waals surface area contributed by atoms with E-state index in [-0.39, 0.29) is 0 Å². The Morgan fingerprint density at radius 3 is 2.65 bits per heavy atom. The Balaban J connectivity index is 1.64. The Bertz CT molecular complexity index is 739. The first-order chi connectivity index (χ1) is 11.4. The molecule has 23 heavy (non-hydrogen) atoms. The number of ether oxygens (including phenoxy) is 1. The summed E-state index contributed by atoms with van der Waals surface area (Å²) in [6, 6.07) is 19.0. The van der Waals surface area contributed by atoms with Crippen molar-refractivity contribution >= 4 is 22.8 Å². The monoisotopic (exact) mass is 326 g/mol. The normalized spacial score (nSPS) is 11.2. The van der Waals surface area contributed by atoms with Gasteiger partial charge in [-0.3, -0.25) is 0 Å². The summed E-state index contributed by atoms with van der Waals surface area (Å²) in [7, 11) is 1.74. The van der Waals surface area contributed by atoms with Crippen molar-refractivity contribution in [1.29, 1.82) is 0 Å². The second kappa shape index (κ2) is 8.18. The molecule has 0 N–H and O–H groups in total. The number of methoxy groups -OCH3 is 1. The molecule has 1 aromatic heterocycles. The molecule has 0 saturated heterocycles. The summed E-state index contributed by atoms with van der Waals surface area (Å²) in [6.07, 6.45) is 2.27. The molecule has 0 unspecified atom stereocenters. The quantitative estimate of drug-likeness (QED) is 0.453. The van der Waals surface area contributed by atoms with Crippen molar-refractivity contribution in [3.05, 3.63) is 60.2 Å². The van der Waals surface area contributed by atoms with Crippen molar-refractivity contribution in [1.82, 2.24) is 9.55 Å². The van der Waals surface area contributed by atoms with Crippen LogP contribution in [0.4, 0.5) is 0 Å². The highest BCUT2D eigenvalue weighted by Crippen LogP contribution is 2.24. The van der Waals surface area contributed by atoms with Crippen LogP contribution in [-0.2, 0) is 17.7 Å². The number of hydrogen-bond donors (Lipinski definition) is 0. The molecule has 120 valence electrons. The Hall–Kier alpha value is -1.78. The second-order valence-corrected chi connectivity index (χ2v) is 6.53. The largest absolute Gasteiger partial charge is 0.383 e. The summed E-state index contributed by atoms with van der Waals surface area (Å²) in [5.41, 5.74) is 3.66. The van der Waals surface area contributed by atoms with E-state index in [4.69, 9.17) is 9.72 Å². The van der Waals surface area contributed by atoms with Crippen LogP contribution in [-0.4, -0.2) is 29.0 Å². The summed E-state index contributed by atoms with van der Waals surface area (Å²) in [5.74, 6) is 1.07. The van der Waals surface area contributed by atoms with Crippen LogP contribution < -0.4 is 0 Å². The maximum Gasteiger partial charge on any atom is 0.169 e. The summed E-state index contributed by atoms with van der Waals surface area (Å²) >= 11 is 1.84. The molecule has 0 amide bonds. The number of nitrogens with zero attached hydrogens (tertiary/aromatic N) is 2. The lowest BCUT2D eigenvalue weighted by atomic mass is 10.1. The SMILES string of the molecule is COCCn1c(SCCCc2ccccc2)nc2ccccc21. The number of benzene rings is 2. The second-order valence-electron chi connectivity index (χ2n) is 5.47. The van der Waals surface area contributed by atoms with E-state index in [0.717, 1.165) is 35.8 Å². The van der Waals surface area contributed by atoms with Crippen molar-refractivity contribution in [3.63, 3.8) is 0 Å². The highest BCUT2D eigenvalue weighted by Gasteiger charge is 2.10. The molecule has 0 atom stereocenters. The molecule has 2 aromatic carbocycles. The van der Waals surface area contributed by atoms with Gasteiger partial charge in [0.15, 0.2) is 5.16 Å². The molecule has 0 fully saturated rings. The van der Waals surface area contributed by atoms with Gasteiger partial charge in [0, 0.05) is 19.4 Å². The number of imidazole rings is 1. The molecule has 0 aliphatic carbocycles. The third-order valence-electron chi connectivity index (χ3n) is 3.82. The van der Waals surface area contributed by atoms with Crippen LogP contribution in [0, 0.1) is 0 Å². The highest BCUT2D eigenvalue weighted by atomic mass is 32.2. The van der Waals surface area contributed by atoms with Crippen LogP contribution in [0.15, 0.2) is 59.8 Å². The molecule has 0 spiro atoms. The Morgan fingerprint density at radius 2 is 1.83 bits per heavy atom. The lowest BCUT2D eigenvalue weighted by Gasteiger charge is -2.08. The number of hydrogen-bond acceptors (Lipinski definition) is 3. The molecule has 0 radical (unpaired) electrons. The zero-order valence-electron chi connectivity index (χ0n) is 13.4. The van der Waals surface area contributed by atoms with Gasteiger partial charge < -0.3 is 9.30 Å². The molecule has 0 bridgehead atoms. The van der Waals surface area contributed by atoms with E-state index >= 15 is 0 Å². The van der Waals surface area contributed by atoms with E-state index in [1.807, 2.05) is 17.8 Å². The lowest BCUT2D eigenvalue weighted by Crippen LogP contribution is -2.05. The van der Waals surface area contributed by atoms with Crippen LogP contribution in [0.2, 0.25) is 0 Å². The van der Waals surface area contributed by atoms with E-state index < -0.39 is 0 Å². The molecule has 0 aliphatic heterocycles. The van der Waals surface area contributed by atoms with Crippen LogP contribution in [0.5, 0.6) is 0 Å². The van der Waals surface area contributed by atoms with Gasteiger partial charge in [-0.15, -0.1) is 0 Å². The zero-order chi connectivity index (χ0) is 15.9. The van der Waals surface area contributed by atoms with Gasteiger partial charge in [0.2, 0.25) is 0 Å². The van der Waals surface area contributed by atoms with Gasteiger partial charge in [0.25, 0.3) is 0 Å².